The van der Waals surface area contributed by atoms with Gasteiger partial charge in [-0.25, -0.2) is 0 Å². The summed E-state index contributed by atoms with van der Waals surface area (Å²) in [4.78, 5) is 11.1. The van der Waals surface area contributed by atoms with Crippen LogP contribution in [0.5, 0.6) is 0 Å². The second kappa shape index (κ2) is 6.15. The van der Waals surface area contributed by atoms with Gasteiger partial charge in [0.1, 0.15) is 0 Å². The third kappa shape index (κ3) is 3.93. The number of primary amides is 1. The number of carbonyl (C=O) groups excluding carboxylic acids is 1. The van der Waals surface area contributed by atoms with Crippen molar-refractivity contribution < 1.29 is 4.79 Å². The lowest BCUT2D eigenvalue weighted by atomic mass is 10.1. The molecule has 0 spiro atoms. The molecule has 98 valence electrons. The second-order valence-corrected chi connectivity index (χ2v) is 4.57. The van der Waals surface area contributed by atoms with Gasteiger partial charge in [-0.1, -0.05) is 18.2 Å². The van der Waals surface area contributed by atoms with E-state index in [0.29, 0.717) is 10.7 Å². The van der Waals surface area contributed by atoms with Gasteiger partial charge >= 0.3 is 0 Å². The Bertz CT molecular complexity index is 564. The van der Waals surface area contributed by atoms with Crippen molar-refractivity contribution in [2.45, 2.75) is 12.8 Å². The van der Waals surface area contributed by atoms with Gasteiger partial charge in [0.25, 0.3) is 0 Å². The van der Waals surface area contributed by atoms with Gasteiger partial charge in [0.2, 0.25) is 5.91 Å². The molecular weight excluding hydrogens is 258 g/mol. The Labute approximate surface area is 117 Å². The molecule has 0 fully saturated rings. The maximum absolute atomic E-state index is 11.1. The highest BCUT2D eigenvalue weighted by Crippen LogP contribution is 2.11. The van der Waals surface area contributed by atoms with E-state index in [1.165, 1.54) is 0 Å². The molecule has 1 aromatic carbocycles. The second-order valence-electron chi connectivity index (χ2n) is 4.16. The topological polar surface area (TPSA) is 67.2 Å². The van der Waals surface area contributed by atoms with E-state index in [9.17, 15) is 4.79 Å². The van der Waals surface area contributed by atoms with Crippen LogP contribution in [0.15, 0.2) is 48.2 Å². The minimum Gasteiger partial charge on any atom is -0.366 e. The van der Waals surface area contributed by atoms with Crippen molar-refractivity contribution in [2.24, 2.45) is 5.73 Å². The summed E-state index contributed by atoms with van der Waals surface area (Å²) in [6.45, 7) is 0. The first-order valence-corrected chi connectivity index (χ1v) is 6.40. The average molecular weight is 273 g/mol. The van der Waals surface area contributed by atoms with E-state index in [0.717, 1.165) is 24.2 Å². The van der Waals surface area contributed by atoms with Crippen LogP contribution in [0.25, 0.3) is 0 Å². The van der Waals surface area contributed by atoms with E-state index in [1.54, 1.807) is 18.2 Å². The molecule has 0 aliphatic heterocycles. The molecule has 19 heavy (non-hydrogen) atoms. The van der Waals surface area contributed by atoms with E-state index in [1.807, 2.05) is 12.1 Å². The predicted octanol–water partition coefficient (Wildman–Crippen LogP) is 2.31. The third-order valence-electron chi connectivity index (χ3n) is 2.66. The van der Waals surface area contributed by atoms with Crippen molar-refractivity contribution in [3.05, 3.63) is 53.8 Å². The van der Waals surface area contributed by atoms with Gasteiger partial charge in [-0.15, -0.1) is 0 Å². The van der Waals surface area contributed by atoms with Crippen LogP contribution in [-0.2, 0) is 0 Å². The Morgan fingerprint density at radius 3 is 2.79 bits per heavy atom. The summed E-state index contributed by atoms with van der Waals surface area (Å²) in [6, 6.07) is 6.91. The Morgan fingerprint density at radius 1 is 1.26 bits per heavy atom. The van der Waals surface area contributed by atoms with Gasteiger partial charge in [0.15, 0.2) is 5.11 Å². The molecule has 0 saturated carbocycles. The summed E-state index contributed by atoms with van der Waals surface area (Å²) in [7, 11) is 0. The van der Waals surface area contributed by atoms with Crippen LogP contribution < -0.4 is 16.4 Å². The van der Waals surface area contributed by atoms with Crippen molar-refractivity contribution in [1.82, 2.24) is 5.32 Å². The van der Waals surface area contributed by atoms with Crippen LogP contribution in [0.3, 0.4) is 0 Å². The number of hydrogen-bond acceptors (Lipinski definition) is 2. The predicted molar refractivity (Wildman–Crippen MR) is 80.8 cm³/mol. The zero-order chi connectivity index (χ0) is 13.7. The van der Waals surface area contributed by atoms with Crippen LogP contribution in [-0.4, -0.2) is 11.0 Å². The third-order valence-corrected chi connectivity index (χ3v) is 2.86. The lowest BCUT2D eigenvalue weighted by Crippen LogP contribution is -2.27. The average Bonchev–Trinajstić information content (AvgIpc) is 2.40. The van der Waals surface area contributed by atoms with E-state index in [-0.39, 0.29) is 0 Å². The van der Waals surface area contributed by atoms with Crippen molar-refractivity contribution in [3.8, 4) is 0 Å². The number of anilines is 1. The van der Waals surface area contributed by atoms with Crippen LogP contribution in [0, 0.1) is 0 Å². The lowest BCUT2D eigenvalue weighted by Gasteiger charge is -2.13. The molecule has 0 heterocycles. The first-order valence-electron chi connectivity index (χ1n) is 6.00. The number of nitrogens with one attached hydrogen (secondary N) is 2. The molecular formula is C14H15N3OS. The Hall–Kier alpha value is -2.14. The summed E-state index contributed by atoms with van der Waals surface area (Å²) in [5.41, 5.74) is 7.39. The van der Waals surface area contributed by atoms with Gasteiger partial charge in [0.05, 0.1) is 0 Å². The first kappa shape index (κ1) is 13.3. The fourth-order valence-electron chi connectivity index (χ4n) is 1.75. The lowest BCUT2D eigenvalue weighted by molar-refractivity contribution is 0.100. The Kier molecular flexibility index (Phi) is 4.30. The highest BCUT2D eigenvalue weighted by atomic mass is 32.1. The number of nitrogens with two attached hydrogens (primary N) is 1. The van der Waals surface area contributed by atoms with Crippen molar-refractivity contribution in [2.75, 3.05) is 5.32 Å². The number of thiocarbonyl (C=S) groups is 1. The van der Waals surface area contributed by atoms with Gasteiger partial charge in [-0.2, -0.15) is 0 Å². The molecule has 1 amide bonds. The van der Waals surface area contributed by atoms with Gasteiger partial charge < -0.3 is 16.4 Å². The molecule has 0 saturated heterocycles. The number of allylic oxidation sites excluding steroid dienone is 3. The molecule has 2 rings (SSSR count). The normalized spacial score (nSPS) is 13.6. The number of carbonyl (C=O) groups is 1. The van der Waals surface area contributed by atoms with Gasteiger partial charge in [-0.05, 0) is 49.3 Å². The highest BCUT2D eigenvalue weighted by molar-refractivity contribution is 7.80. The molecule has 0 atom stereocenters. The summed E-state index contributed by atoms with van der Waals surface area (Å²) in [5.74, 6) is -0.458. The fraction of sp³-hybridized carbons (Fsp3) is 0.143. The summed E-state index contributed by atoms with van der Waals surface area (Å²) < 4.78 is 0. The molecule has 0 radical (unpaired) electrons. The van der Waals surface area contributed by atoms with Crippen molar-refractivity contribution >= 4 is 28.9 Å². The molecule has 5 heteroatoms. The Morgan fingerprint density at radius 2 is 2.11 bits per heavy atom. The Balaban J connectivity index is 1.98. The largest absolute Gasteiger partial charge is 0.366 e. The van der Waals surface area contributed by atoms with Crippen molar-refractivity contribution in [1.29, 1.82) is 0 Å². The zero-order valence-electron chi connectivity index (χ0n) is 10.3. The summed E-state index contributed by atoms with van der Waals surface area (Å²) in [5, 5.41) is 6.60. The first-order chi connectivity index (χ1) is 9.15. The van der Waals surface area contributed by atoms with E-state index in [4.69, 9.17) is 18.0 Å². The van der Waals surface area contributed by atoms with E-state index in [2.05, 4.69) is 22.8 Å². The minimum absolute atomic E-state index is 0.449. The molecule has 1 aromatic rings. The van der Waals surface area contributed by atoms with Crippen molar-refractivity contribution in [3.63, 3.8) is 0 Å². The highest BCUT2D eigenvalue weighted by Gasteiger charge is 2.04. The monoisotopic (exact) mass is 273 g/mol. The molecule has 4 N–H and O–H groups in total. The van der Waals surface area contributed by atoms with E-state index >= 15 is 0 Å². The molecule has 0 bridgehead atoms. The molecule has 4 nitrogen and oxygen atoms in total. The fourth-order valence-corrected chi connectivity index (χ4v) is 1.99. The zero-order valence-corrected chi connectivity index (χ0v) is 11.2. The maximum Gasteiger partial charge on any atom is 0.248 e. The molecule has 1 aliphatic carbocycles. The molecule has 1 aliphatic rings. The van der Waals surface area contributed by atoms with Crippen LogP contribution in [0.4, 0.5) is 5.69 Å². The van der Waals surface area contributed by atoms with Crippen LogP contribution in [0.2, 0.25) is 0 Å². The summed E-state index contributed by atoms with van der Waals surface area (Å²) in [6.07, 6.45) is 8.26. The van der Waals surface area contributed by atoms with E-state index < -0.39 is 5.91 Å². The minimum atomic E-state index is -0.458. The van der Waals surface area contributed by atoms with Crippen LogP contribution in [0.1, 0.15) is 23.2 Å². The number of benzene rings is 1. The number of rotatable bonds is 3. The maximum atomic E-state index is 11.1. The summed E-state index contributed by atoms with van der Waals surface area (Å²) >= 11 is 5.21. The quantitative estimate of drug-likeness (QED) is 0.739. The van der Waals surface area contributed by atoms with Gasteiger partial charge in [0, 0.05) is 16.9 Å². The SMILES string of the molecule is NC(=O)c1cccc(NC(=S)NC2=CCCC=C2)c1. The molecule has 0 aromatic heterocycles. The van der Waals surface area contributed by atoms with Gasteiger partial charge in [-0.3, -0.25) is 4.79 Å². The number of amides is 1. The number of hydrogen-bond donors (Lipinski definition) is 3. The smallest absolute Gasteiger partial charge is 0.248 e. The standard InChI is InChI=1S/C14H15N3OS/c15-13(18)10-5-4-8-12(9-10)17-14(19)16-11-6-2-1-3-7-11/h2,4-9H,1,3H2,(H2,15,18)(H2,16,17,19). The van der Waals surface area contributed by atoms with Crippen LogP contribution >= 0.6 is 12.2 Å². The molecule has 0 unspecified atom stereocenters.